The minimum absolute atomic E-state index is 0.0497. The van der Waals surface area contributed by atoms with Gasteiger partial charge in [0.05, 0.1) is 12.5 Å². The van der Waals surface area contributed by atoms with Crippen LogP contribution in [0.2, 0.25) is 0 Å². The number of benzene rings is 1. The molecule has 2 atom stereocenters. The van der Waals surface area contributed by atoms with Crippen LogP contribution in [0.4, 0.5) is 0 Å². The number of hydrogen-bond acceptors (Lipinski definition) is 3. The van der Waals surface area contributed by atoms with Gasteiger partial charge in [0.1, 0.15) is 0 Å². The van der Waals surface area contributed by atoms with Gasteiger partial charge in [0.15, 0.2) is 0 Å². The number of esters is 1. The van der Waals surface area contributed by atoms with Gasteiger partial charge in [0, 0.05) is 19.0 Å². The summed E-state index contributed by atoms with van der Waals surface area (Å²) in [5, 5.41) is 3.30. The van der Waals surface area contributed by atoms with Crippen LogP contribution < -0.4 is 5.32 Å². The molecule has 18 heavy (non-hydrogen) atoms. The van der Waals surface area contributed by atoms with Crippen LogP contribution >= 0.6 is 0 Å². The van der Waals surface area contributed by atoms with Crippen molar-refractivity contribution >= 4 is 5.97 Å². The standard InChI is InChI=1S/C15H21NO2/c1-4-18-15(17)14-9-16-8-13(14)12-6-5-10(2)7-11(12)3/h5-7,13-14,16H,4,8-9H2,1-3H3. The Balaban J connectivity index is 2.23. The van der Waals surface area contributed by atoms with Crippen LogP contribution in [-0.4, -0.2) is 25.7 Å². The van der Waals surface area contributed by atoms with E-state index in [-0.39, 0.29) is 17.8 Å². The average Bonchev–Trinajstić information content (AvgIpc) is 2.78. The van der Waals surface area contributed by atoms with Gasteiger partial charge in [-0.3, -0.25) is 4.79 Å². The molecule has 0 spiro atoms. The van der Waals surface area contributed by atoms with E-state index >= 15 is 0 Å². The van der Waals surface area contributed by atoms with Crippen LogP contribution in [-0.2, 0) is 9.53 Å². The SMILES string of the molecule is CCOC(=O)C1CNCC1c1ccc(C)cc1C. The third kappa shape index (κ3) is 2.56. The maximum atomic E-state index is 11.9. The van der Waals surface area contributed by atoms with E-state index in [1.54, 1.807) is 0 Å². The smallest absolute Gasteiger partial charge is 0.310 e. The quantitative estimate of drug-likeness (QED) is 0.832. The molecular weight excluding hydrogens is 226 g/mol. The lowest BCUT2D eigenvalue weighted by Gasteiger charge is -2.19. The molecule has 0 bridgehead atoms. The summed E-state index contributed by atoms with van der Waals surface area (Å²) >= 11 is 0. The second-order valence-electron chi connectivity index (χ2n) is 4.98. The predicted molar refractivity (Wildman–Crippen MR) is 71.6 cm³/mol. The van der Waals surface area contributed by atoms with E-state index in [1.165, 1.54) is 16.7 Å². The number of ether oxygens (including phenoxy) is 1. The first-order chi connectivity index (χ1) is 8.63. The highest BCUT2D eigenvalue weighted by molar-refractivity contribution is 5.74. The van der Waals surface area contributed by atoms with Crippen molar-refractivity contribution in [2.45, 2.75) is 26.7 Å². The van der Waals surface area contributed by atoms with Gasteiger partial charge in [-0.2, -0.15) is 0 Å². The number of hydrogen-bond donors (Lipinski definition) is 1. The summed E-state index contributed by atoms with van der Waals surface area (Å²) in [6, 6.07) is 6.44. The summed E-state index contributed by atoms with van der Waals surface area (Å²) < 4.78 is 5.16. The number of aryl methyl sites for hydroxylation is 2. The lowest BCUT2D eigenvalue weighted by atomic mass is 9.86. The number of nitrogens with one attached hydrogen (secondary N) is 1. The minimum Gasteiger partial charge on any atom is -0.466 e. The van der Waals surface area contributed by atoms with Crippen molar-refractivity contribution in [3.05, 3.63) is 34.9 Å². The molecule has 1 aromatic carbocycles. The normalized spacial score (nSPS) is 23.1. The number of rotatable bonds is 3. The largest absolute Gasteiger partial charge is 0.466 e. The van der Waals surface area contributed by atoms with Crippen molar-refractivity contribution in [3.8, 4) is 0 Å². The Kier molecular flexibility index (Phi) is 4.02. The van der Waals surface area contributed by atoms with Crippen LogP contribution in [0.3, 0.4) is 0 Å². The van der Waals surface area contributed by atoms with Crippen LogP contribution in [0.25, 0.3) is 0 Å². The minimum atomic E-state index is -0.0764. The first-order valence-corrected chi connectivity index (χ1v) is 6.58. The molecule has 1 heterocycles. The van der Waals surface area contributed by atoms with Gasteiger partial charge in [-0.1, -0.05) is 23.8 Å². The Bertz CT molecular complexity index is 442. The fourth-order valence-electron chi connectivity index (χ4n) is 2.74. The average molecular weight is 247 g/mol. The van der Waals surface area contributed by atoms with E-state index in [1.807, 2.05) is 6.92 Å². The lowest BCUT2D eigenvalue weighted by molar-refractivity contribution is -0.147. The zero-order valence-corrected chi connectivity index (χ0v) is 11.3. The molecule has 0 radical (unpaired) electrons. The zero-order chi connectivity index (χ0) is 13.1. The highest BCUT2D eigenvalue weighted by Crippen LogP contribution is 2.31. The second kappa shape index (κ2) is 5.53. The molecule has 0 aliphatic carbocycles. The first-order valence-electron chi connectivity index (χ1n) is 6.58. The highest BCUT2D eigenvalue weighted by Gasteiger charge is 2.35. The summed E-state index contributed by atoms with van der Waals surface area (Å²) in [7, 11) is 0. The fraction of sp³-hybridized carbons (Fsp3) is 0.533. The zero-order valence-electron chi connectivity index (χ0n) is 11.3. The maximum absolute atomic E-state index is 11.9. The van der Waals surface area contributed by atoms with Crippen LogP contribution in [0, 0.1) is 19.8 Å². The predicted octanol–water partition coefficient (Wildman–Crippen LogP) is 2.17. The molecule has 0 aromatic heterocycles. The molecule has 0 saturated carbocycles. The van der Waals surface area contributed by atoms with Crippen LogP contribution in [0.15, 0.2) is 18.2 Å². The van der Waals surface area contributed by atoms with E-state index in [0.717, 1.165) is 13.1 Å². The van der Waals surface area contributed by atoms with Crippen molar-refractivity contribution in [2.75, 3.05) is 19.7 Å². The van der Waals surface area contributed by atoms with E-state index in [4.69, 9.17) is 4.74 Å². The van der Waals surface area contributed by atoms with Crippen LogP contribution in [0.1, 0.15) is 29.5 Å². The van der Waals surface area contributed by atoms with Crippen molar-refractivity contribution in [1.29, 1.82) is 0 Å². The number of carbonyl (C=O) groups is 1. The van der Waals surface area contributed by atoms with E-state index in [0.29, 0.717) is 6.61 Å². The molecule has 1 saturated heterocycles. The number of carbonyl (C=O) groups excluding carboxylic acids is 1. The maximum Gasteiger partial charge on any atom is 0.310 e. The fourth-order valence-corrected chi connectivity index (χ4v) is 2.74. The van der Waals surface area contributed by atoms with Crippen molar-refractivity contribution in [1.82, 2.24) is 5.32 Å². The summed E-state index contributed by atoms with van der Waals surface area (Å²) in [6.07, 6.45) is 0. The van der Waals surface area contributed by atoms with Gasteiger partial charge < -0.3 is 10.1 Å². The molecule has 0 amide bonds. The van der Waals surface area contributed by atoms with Gasteiger partial charge in [-0.15, -0.1) is 0 Å². The van der Waals surface area contributed by atoms with Gasteiger partial charge >= 0.3 is 5.97 Å². The highest BCUT2D eigenvalue weighted by atomic mass is 16.5. The molecule has 1 aromatic rings. The van der Waals surface area contributed by atoms with E-state index in [9.17, 15) is 4.79 Å². The van der Waals surface area contributed by atoms with Gasteiger partial charge in [-0.25, -0.2) is 0 Å². The van der Waals surface area contributed by atoms with Crippen molar-refractivity contribution < 1.29 is 9.53 Å². The molecule has 1 aliphatic rings. The third-order valence-corrected chi connectivity index (χ3v) is 3.63. The second-order valence-corrected chi connectivity index (χ2v) is 4.98. The molecule has 3 heteroatoms. The van der Waals surface area contributed by atoms with Crippen molar-refractivity contribution in [2.24, 2.45) is 5.92 Å². The topological polar surface area (TPSA) is 38.3 Å². The Morgan fingerprint density at radius 2 is 2.17 bits per heavy atom. The molecule has 1 N–H and O–H groups in total. The van der Waals surface area contributed by atoms with Crippen LogP contribution in [0.5, 0.6) is 0 Å². The Hall–Kier alpha value is -1.35. The molecule has 2 unspecified atom stereocenters. The van der Waals surface area contributed by atoms with Gasteiger partial charge in [-0.05, 0) is 31.9 Å². The van der Waals surface area contributed by atoms with Gasteiger partial charge in [0.2, 0.25) is 0 Å². The summed E-state index contributed by atoms with van der Waals surface area (Å²) in [5.41, 5.74) is 3.79. The van der Waals surface area contributed by atoms with Crippen molar-refractivity contribution in [3.63, 3.8) is 0 Å². The summed E-state index contributed by atoms with van der Waals surface area (Å²) in [4.78, 5) is 11.9. The van der Waals surface area contributed by atoms with Gasteiger partial charge in [0.25, 0.3) is 0 Å². The molecule has 2 rings (SSSR count). The Morgan fingerprint density at radius 3 is 2.83 bits per heavy atom. The molecule has 1 fully saturated rings. The molecule has 3 nitrogen and oxygen atoms in total. The first kappa shape index (κ1) is 13.1. The summed E-state index contributed by atoms with van der Waals surface area (Å²) in [5.74, 6) is 0.114. The monoisotopic (exact) mass is 247 g/mol. The Labute approximate surface area is 109 Å². The molecule has 1 aliphatic heterocycles. The van der Waals surface area contributed by atoms with E-state index in [2.05, 4.69) is 37.4 Å². The molecular formula is C15H21NO2. The Morgan fingerprint density at radius 1 is 1.39 bits per heavy atom. The van der Waals surface area contributed by atoms with E-state index < -0.39 is 0 Å². The summed E-state index contributed by atoms with van der Waals surface area (Å²) in [6.45, 7) is 8.08. The molecule has 98 valence electrons. The third-order valence-electron chi connectivity index (χ3n) is 3.63. The lowest BCUT2D eigenvalue weighted by Crippen LogP contribution is -2.24.